The van der Waals surface area contributed by atoms with E-state index in [1.165, 1.54) is 0 Å². The highest BCUT2D eigenvalue weighted by molar-refractivity contribution is 6.04. The molecule has 0 amide bonds. The van der Waals surface area contributed by atoms with Gasteiger partial charge >= 0.3 is 6.18 Å². The van der Waals surface area contributed by atoms with Crippen LogP contribution in [0.3, 0.4) is 0 Å². The third-order valence-corrected chi connectivity index (χ3v) is 4.58. The van der Waals surface area contributed by atoms with E-state index >= 15 is 0 Å². The number of rotatable bonds is 5. The molecule has 0 radical (unpaired) electrons. The van der Waals surface area contributed by atoms with Crippen LogP contribution in [0.15, 0.2) is 5.83 Å². The lowest BCUT2D eigenvalue weighted by atomic mass is 9.88. The second-order valence-corrected chi connectivity index (χ2v) is 6.98. The molecular weight excluding hydrogens is 411 g/mol. The number of nitrogens with zero attached hydrogens (tertiary/aromatic N) is 3. The number of nitrogens with one attached hydrogen (secondary N) is 2. The maximum Gasteiger partial charge on any atom is 0.408 e. The molecule has 2 aliphatic carbocycles. The first-order chi connectivity index (χ1) is 13.4. The Morgan fingerprint density at radius 3 is 2.34 bits per heavy atom. The molecule has 1 heterocycles. The minimum absolute atomic E-state index is 0.266. The molecule has 13 heteroatoms. The standard InChI is InChI=1S/C16H16F7N5O/c1-6(16(21,22)23)24-13-26-12(8-2-3-9(17)11(29)10(8)18)27-14(28-13)25-7-4-15(19,20)5-7/h6-7,9H,2-5H2,1H3,(H2,24,25,26,27,28). The lowest BCUT2D eigenvalue weighted by Crippen LogP contribution is -2.44. The van der Waals surface area contributed by atoms with Crippen LogP contribution in [0.4, 0.5) is 42.6 Å². The van der Waals surface area contributed by atoms with Crippen molar-refractivity contribution in [3.8, 4) is 0 Å². The molecule has 2 unspecified atom stereocenters. The number of allylic oxidation sites excluding steroid dienone is 2. The topological polar surface area (TPSA) is 79.8 Å². The van der Waals surface area contributed by atoms with Gasteiger partial charge < -0.3 is 10.6 Å². The second-order valence-electron chi connectivity index (χ2n) is 6.98. The molecule has 1 fully saturated rings. The molecule has 160 valence electrons. The number of carbonyl (C=O) groups excluding carboxylic acids is 1. The van der Waals surface area contributed by atoms with Gasteiger partial charge in [-0.2, -0.15) is 28.1 Å². The summed E-state index contributed by atoms with van der Waals surface area (Å²) in [4.78, 5) is 22.8. The number of ketones is 1. The average molecular weight is 427 g/mol. The molecule has 1 aromatic rings. The highest BCUT2D eigenvalue weighted by Crippen LogP contribution is 2.39. The first kappa shape index (κ1) is 21.2. The van der Waals surface area contributed by atoms with E-state index in [1.807, 2.05) is 5.32 Å². The number of halogens is 7. The van der Waals surface area contributed by atoms with Crippen LogP contribution in [-0.4, -0.2) is 51.1 Å². The van der Waals surface area contributed by atoms with Gasteiger partial charge in [-0.25, -0.2) is 17.6 Å². The summed E-state index contributed by atoms with van der Waals surface area (Å²) in [5.74, 6) is -7.13. The van der Waals surface area contributed by atoms with Crippen molar-refractivity contribution in [2.24, 2.45) is 0 Å². The molecule has 29 heavy (non-hydrogen) atoms. The second kappa shape index (κ2) is 7.41. The van der Waals surface area contributed by atoms with E-state index < -0.39 is 66.6 Å². The zero-order chi connectivity index (χ0) is 21.6. The van der Waals surface area contributed by atoms with Gasteiger partial charge in [-0.1, -0.05) is 0 Å². The molecule has 2 atom stereocenters. The Morgan fingerprint density at radius 1 is 1.14 bits per heavy atom. The highest BCUT2D eigenvalue weighted by Gasteiger charge is 2.46. The number of anilines is 2. The summed E-state index contributed by atoms with van der Waals surface area (Å²) in [5.41, 5.74) is -0.379. The van der Waals surface area contributed by atoms with Crippen LogP contribution in [0.2, 0.25) is 0 Å². The monoisotopic (exact) mass is 427 g/mol. The van der Waals surface area contributed by atoms with Crippen LogP contribution in [0.5, 0.6) is 0 Å². The summed E-state index contributed by atoms with van der Waals surface area (Å²) in [6.45, 7) is 0.792. The van der Waals surface area contributed by atoms with Crippen LogP contribution in [0.25, 0.3) is 5.57 Å². The fourth-order valence-corrected chi connectivity index (χ4v) is 2.87. The molecule has 1 aromatic heterocycles. The fourth-order valence-electron chi connectivity index (χ4n) is 2.87. The minimum atomic E-state index is -4.65. The average Bonchev–Trinajstić information content (AvgIpc) is 2.57. The van der Waals surface area contributed by atoms with E-state index in [-0.39, 0.29) is 24.4 Å². The van der Waals surface area contributed by atoms with Crippen molar-refractivity contribution < 1.29 is 35.5 Å². The van der Waals surface area contributed by atoms with Gasteiger partial charge in [-0.15, -0.1) is 0 Å². The normalized spacial score (nSPS) is 23.6. The Morgan fingerprint density at radius 2 is 1.76 bits per heavy atom. The van der Waals surface area contributed by atoms with Crippen molar-refractivity contribution in [1.82, 2.24) is 15.0 Å². The van der Waals surface area contributed by atoms with E-state index in [4.69, 9.17) is 0 Å². The van der Waals surface area contributed by atoms with Gasteiger partial charge in [0.15, 0.2) is 17.8 Å². The van der Waals surface area contributed by atoms with Crippen molar-refractivity contribution in [2.75, 3.05) is 10.6 Å². The number of aromatic nitrogens is 3. The third kappa shape index (κ3) is 4.75. The predicted molar refractivity (Wildman–Crippen MR) is 87.7 cm³/mol. The largest absolute Gasteiger partial charge is 0.408 e. The highest BCUT2D eigenvalue weighted by atomic mass is 19.4. The van der Waals surface area contributed by atoms with Crippen LogP contribution < -0.4 is 10.6 Å². The Labute approximate surface area is 160 Å². The van der Waals surface area contributed by atoms with Gasteiger partial charge in [-0.05, 0) is 19.8 Å². The van der Waals surface area contributed by atoms with Crippen molar-refractivity contribution >= 4 is 23.3 Å². The molecule has 3 rings (SSSR count). The molecule has 2 N–H and O–H groups in total. The first-order valence-electron chi connectivity index (χ1n) is 8.67. The Hall–Kier alpha value is -2.47. The first-order valence-corrected chi connectivity index (χ1v) is 8.67. The molecule has 2 aliphatic rings. The van der Waals surface area contributed by atoms with Gasteiger partial charge in [0.1, 0.15) is 6.04 Å². The number of hydrogen-bond acceptors (Lipinski definition) is 6. The van der Waals surface area contributed by atoms with Gasteiger partial charge in [0.25, 0.3) is 5.92 Å². The number of Topliss-reactive ketones (excluding diaryl/α,β-unsaturated/α-hetero) is 1. The molecule has 6 nitrogen and oxygen atoms in total. The van der Waals surface area contributed by atoms with Crippen molar-refractivity contribution in [2.45, 2.75) is 63.0 Å². The summed E-state index contributed by atoms with van der Waals surface area (Å²) in [6, 6.07) is -2.82. The summed E-state index contributed by atoms with van der Waals surface area (Å²) in [5, 5.41) is 4.52. The minimum Gasteiger partial charge on any atom is -0.351 e. The predicted octanol–water partition coefficient (Wildman–Crippen LogP) is 3.83. The zero-order valence-corrected chi connectivity index (χ0v) is 15.0. The molecule has 0 aromatic carbocycles. The summed E-state index contributed by atoms with van der Waals surface area (Å²) in [7, 11) is 0. The molecule has 0 aliphatic heterocycles. The smallest absolute Gasteiger partial charge is 0.351 e. The zero-order valence-electron chi connectivity index (χ0n) is 15.0. The molecular formula is C16H16F7N5O. The summed E-state index contributed by atoms with van der Waals surface area (Å²) < 4.78 is 92.1. The van der Waals surface area contributed by atoms with Crippen LogP contribution in [0, 0.1) is 0 Å². The molecule has 0 bridgehead atoms. The maximum atomic E-state index is 14.2. The van der Waals surface area contributed by atoms with Gasteiger partial charge in [0.05, 0.1) is 0 Å². The van der Waals surface area contributed by atoms with Crippen LogP contribution >= 0.6 is 0 Å². The number of hydrogen-bond donors (Lipinski definition) is 2. The summed E-state index contributed by atoms with van der Waals surface area (Å²) in [6.07, 6.45) is -8.35. The molecule has 0 saturated heterocycles. The van der Waals surface area contributed by atoms with Crippen molar-refractivity contribution in [3.63, 3.8) is 0 Å². The maximum absolute atomic E-state index is 14.2. The molecule has 1 saturated carbocycles. The summed E-state index contributed by atoms with van der Waals surface area (Å²) >= 11 is 0. The molecule has 0 spiro atoms. The lowest BCUT2D eigenvalue weighted by molar-refractivity contribution is -0.138. The van der Waals surface area contributed by atoms with Crippen molar-refractivity contribution in [1.29, 1.82) is 0 Å². The van der Waals surface area contributed by atoms with Gasteiger partial charge in [0, 0.05) is 24.5 Å². The van der Waals surface area contributed by atoms with E-state index in [0.717, 1.165) is 6.92 Å². The van der Waals surface area contributed by atoms with Crippen molar-refractivity contribution in [3.05, 3.63) is 11.7 Å². The quantitative estimate of drug-likeness (QED) is 0.696. The van der Waals surface area contributed by atoms with Gasteiger partial charge in [0.2, 0.25) is 17.7 Å². The number of carbonyl (C=O) groups is 1. The van der Waals surface area contributed by atoms with Crippen LogP contribution in [-0.2, 0) is 4.79 Å². The Bertz CT molecular complexity index is 833. The van der Waals surface area contributed by atoms with E-state index in [2.05, 4.69) is 20.3 Å². The fraction of sp³-hybridized carbons (Fsp3) is 0.625. The van der Waals surface area contributed by atoms with E-state index in [1.54, 1.807) is 0 Å². The number of alkyl halides is 6. The van der Waals surface area contributed by atoms with E-state index in [0.29, 0.717) is 0 Å². The Kier molecular flexibility index (Phi) is 5.43. The van der Waals surface area contributed by atoms with Gasteiger partial charge in [-0.3, -0.25) is 4.79 Å². The lowest BCUT2D eigenvalue weighted by Gasteiger charge is -2.35. The van der Waals surface area contributed by atoms with E-state index in [9.17, 15) is 35.5 Å². The Balaban J connectivity index is 1.93. The van der Waals surface area contributed by atoms with Crippen LogP contribution in [0.1, 0.15) is 38.4 Å². The SMILES string of the molecule is CC(Nc1nc(NC2CC(F)(F)C2)nc(C2=C(F)C(=O)C(F)CC2)n1)C(F)(F)F. The third-order valence-electron chi connectivity index (χ3n) is 4.58.